The number of hydrogen-bond acceptors (Lipinski definition) is 5. The summed E-state index contributed by atoms with van der Waals surface area (Å²) in [6.45, 7) is 2.94. The number of methoxy groups -OCH3 is 3. The summed E-state index contributed by atoms with van der Waals surface area (Å²) in [5, 5.41) is 12.1. The van der Waals surface area contributed by atoms with Gasteiger partial charge in [-0.3, -0.25) is 4.79 Å². The first-order valence-corrected chi connectivity index (χ1v) is 8.44. The van der Waals surface area contributed by atoms with Crippen LogP contribution in [0, 0.1) is 11.8 Å². The molecule has 1 aliphatic heterocycles. The largest absolute Gasteiger partial charge is 0.496 e. The maximum Gasteiger partial charge on any atom is 0.317 e. The van der Waals surface area contributed by atoms with Gasteiger partial charge in [0.25, 0.3) is 0 Å². The van der Waals surface area contributed by atoms with Gasteiger partial charge in [0.1, 0.15) is 5.75 Å². The topological polar surface area (TPSA) is 97.3 Å². The molecule has 2 N–H and O–H groups in total. The van der Waals surface area contributed by atoms with E-state index in [2.05, 4.69) is 5.32 Å². The standard InChI is InChI=1S/C18H26N2O6/c1-11-5-13(17(21)22)10-20(9-11)18(23)19-8-12-6-15(25-3)16(26-4)7-14(12)24-2/h6-7,11,13H,5,8-10H2,1-4H3,(H,19,23)(H,21,22). The van der Waals surface area contributed by atoms with Gasteiger partial charge in [-0.15, -0.1) is 0 Å². The van der Waals surface area contributed by atoms with Crippen molar-refractivity contribution in [3.05, 3.63) is 17.7 Å². The minimum absolute atomic E-state index is 0.145. The van der Waals surface area contributed by atoms with E-state index < -0.39 is 11.9 Å². The highest BCUT2D eigenvalue weighted by Crippen LogP contribution is 2.34. The second-order valence-electron chi connectivity index (χ2n) is 6.46. The minimum atomic E-state index is -0.865. The maximum atomic E-state index is 12.5. The molecule has 26 heavy (non-hydrogen) atoms. The van der Waals surface area contributed by atoms with Gasteiger partial charge >= 0.3 is 12.0 Å². The van der Waals surface area contributed by atoms with Gasteiger partial charge in [0, 0.05) is 31.3 Å². The lowest BCUT2D eigenvalue weighted by molar-refractivity contribution is -0.143. The summed E-state index contributed by atoms with van der Waals surface area (Å²) < 4.78 is 15.9. The average Bonchev–Trinajstić information content (AvgIpc) is 2.64. The van der Waals surface area contributed by atoms with Crippen molar-refractivity contribution in [2.45, 2.75) is 19.9 Å². The number of carbonyl (C=O) groups is 2. The van der Waals surface area contributed by atoms with Crippen molar-refractivity contribution in [1.29, 1.82) is 0 Å². The quantitative estimate of drug-likeness (QED) is 0.799. The molecule has 1 aliphatic rings. The van der Waals surface area contributed by atoms with Gasteiger partial charge in [-0.25, -0.2) is 4.79 Å². The van der Waals surface area contributed by atoms with Crippen LogP contribution in [0.2, 0.25) is 0 Å². The zero-order valence-electron chi connectivity index (χ0n) is 15.6. The molecular formula is C18H26N2O6. The molecule has 144 valence electrons. The number of piperidine rings is 1. The van der Waals surface area contributed by atoms with Crippen LogP contribution < -0.4 is 19.5 Å². The first-order chi connectivity index (χ1) is 12.4. The van der Waals surface area contributed by atoms with Crippen molar-refractivity contribution in [2.24, 2.45) is 11.8 Å². The molecule has 2 rings (SSSR count). The number of carboxylic acid groups (broad SMARTS) is 1. The van der Waals surface area contributed by atoms with Crippen LogP contribution in [0.15, 0.2) is 12.1 Å². The maximum absolute atomic E-state index is 12.5. The van der Waals surface area contributed by atoms with Crippen LogP contribution >= 0.6 is 0 Å². The third-order valence-electron chi connectivity index (χ3n) is 4.51. The number of ether oxygens (including phenoxy) is 3. The van der Waals surface area contributed by atoms with Gasteiger partial charge in [0.2, 0.25) is 0 Å². The molecule has 1 aromatic rings. The first-order valence-electron chi connectivity index (χ1n) is 8.44. The van der Waals surface area contributed by atoms with Gasteiger partial charge in [0.15, 0.2) is 11.5 Å². The van der Waals surface area contributed by atoms with E-state index in [1.54, 1.807) is 17.0 Å². The van der Waals surface area contributed by atoms with E-state index in [1.165, 1.54) is 21.3 Å². The number of carbonyl (C=O) groups excluding carboxylic acids is 1. The van der Waals surface area contributed by atoms with E-state index in [4.69, 9.17) is 14.2 Å². The Morgan fingerprint density at radius 2 is 1.73 bits per heavy atom. The van der Waals surface area contributed by atoms with E-state index in [-0.39, 0.29) is 25.0 Å². The van der Waals surface area contributed by atoms with Gasteiger partial charge in [-0.2, -0.15) is 0 Å². The second kappa shape index (κ2) is 8.64. The van der Waals surface area contributed by atoms with Crippen LogP contribution in [0.25, 0.3) is 0 Å². The number of likely N-dealkylation sites (tertiary alicyclic amines) is 1. The molecule has 2 unspecified atom stereocenters. The predicted octanol–water partition coefficient (Wildman–Crippen LogP) is 1.96. The molecule has 8 nitrogen and oxygen atoms in total. The molecular weight excluding hydrogens is 340 g/mol. The number of nitrogens with zero attached hydrogens (tertiary/aromatic N) is 1. The number of nitrogens with one attached hydrogen (secondary N) is 1. The third-order valence-corrected chi connectivity index (χ3v) is 4.51. The molecule has 1 heterocycles. The highest BCUT2D eigenvalue weighted by molar-refractivity contribution is 5.76. The summed E-state index contributed by atoms with van der Waals surface area (Å²) in [7, 11) is 4.61. The van der Waals surface area contributed by atoms with Gasteiger partial charge in [-0.1, -0.05) is 6.92 Å². The SMILES string of the molecule is COc1cc(OC)c(OC)cc1CNC(=O)N1CC(C)CC(C(=O)O)C1. The number of aliphatic carboxylic acids is 1. The molecule has 2 atom stereocenters. The fourth-order valence-electron chi connectivity index (χ4n) is 3.21. The lowest BCUT2D eigenvalue weighted by Crippen LogP contribution is -2.49. The molecule has 1 saturated heterocycles. The van der Waals surface area contributed by atoms with Crippen LogP contribution in [0.4, 0.5) is 4.79 Å². The normalized spacial score (nSPS) is 19.6. The summed E-state index contributed by atoms with van der Waals surface area (Å²) in [5.41, 5.74) is 0.735. The smallest absolute Gasteiger partial charge is 0.317 e. The summed E-state index contributed by atoms with van der Waals surface area (Å²) >= 11 is 0. The Bertz CT molecular complexity index is 663. The Hall–Kier alpha value is -2.64. The number of carboxylic acids is 1. The van der Waals surface area contributed by atoms with Gasteiger partial charge < -0.3 is 29.5 Å². The van der Waals surface area contributed by atoms with Crippen molar-refractivity contribution >= 4 is 12.0 Å². The van der Waals surface area contributed by atoms with Crippen molar-refractivity contribution in [3.63, 3.8) is 0 Å². The Morgan fingerprint density at radius 3 is 2.31 bits per heavy atom. The molecule has 0 aliphatic carbocycles. The lowest BCUT2D eigenvalue weighted by atomic mass is 9.91. The molecule has 0 radical (unpaired) electrons. The van der Waals surface area contributed by atoms with Gasteiger partial charge in [-0.05, 0) is 18.4 Å². The fraction of sp³-hybridized carbons (Fsp3) is 0.556. The van der Waals surface area contributed by atoms with E-state index >= 15 is 0 Å². The number of rotatable bonds is 6. The third kappa shape index (κ3) is 4.50. The molecule has 1 aromatic carbocycles. The second-order valence-corrected chi connectivity index (χ2v) is 6.46. The van der Waals surface area contributed by atoms with Gasteiger partial charge in [0.05, 0.1) is 27.2 Å². The summed E-state index contributed by atoms with van der Waals surface area (Å²) in [6.07, 6.45) is 0.586. The van der Waals surface area contributed by atoms with Crippen LogP contribution in [0.5, 0.6) is 17.2 Å². The summed E-state index contributed by atoms with van der Waals surface area (Å²) in [6, 6.07) is 3.15. The molecule has 0 aromatic heterocycles. The Labute approximate surface area is 153 Å². The Kier molecular flexibility index (Phi) is 6.54. The highest BCUT2D eigenvalue weighted by Gasteiger charge is 2.31. The number of urea groups is 1. The van der Waals surface area contributed by atoms with Crippen molar-refractivity contribution in [1.82, 2.24) is 10.2 Å². The summed E-state index contributed by atoms with van der Waals surface area (Å²) in [4.78, 5) is 25.3. The number of amides is 2. The summed E-state index contributed by atoms with van der Waals surface area (Å²) in [5.74, 6) is 0.393. The Balaban J connectivity index is 2.07. The minimum Gasteiger partial charge on any atom is -0.496 e. The molecule has 0 saturated carbocycles. The first kappa shape index (κ1) is 19.7. The van der Waals surface area contributed by atoms with Crippen molar-refractivity contribution in [2.75, 3.05) is 34.4 Å². The highest BCUT2D eigenvalue weighted by atomic mass is 16.5. The van der Waals surface area contributed by atoms with E-state index in [0.29, 0.717) is 30.2 Å². The van der Waals surface area contributed by atoms with Crippen molar-refractivity contribution in [3.8, 4) is 17.2 Å². The van der Waals surface area contributed by atoms with Crippen LogP contribution in [0.1, 0.15) is 18.9 Å². The number of benzene rings is 1. The zero-order chi connectivity index (χ0) is 19.3. The van der Waals surface area contributed by atoms with E-state index in [1.807, 2.05) is 6.92 Å². The molecule has 0 spiro atoms. The van der Waals surface area contributed by atoms with E-state index in [0.717, 1.165) is 5.56 Å². The van der Waals surface area contributed by atoms with Crippen LogP contribution in [0.3, 0.4) is 0 Å². The molecule has 0 bridgehead atoms. The molecule has 2 amide bonds. The number of hydrogen-bond donors (Lipinski definition) is 2. The monoisotopic (exact) mass is 366 g/mol. The predicted molar refractivity (Wildman–Crippen MR) is 94.8 cm³/mol. The lowest BCUT2D eigenvalue weighted by Gasteiger charge is -2.34. The zero-order valence-corrected chi connectivity index (χ0v) is 15.6. The molecule has 1 fully saturated rings. The van der Waals surface area contributed by atoms with Crippen LogP contribution in [-0.4, -0.2) is 56.4 Å². The molecule has 8 heteroatoms. The fourth-order valence-corrected chi connectivity index (χ4v) is 3.21. The Morgan fingerprint density at radius 1 is 1.12 bits per heavy atom. The van der Waals surface area contributed by atoms with Crippen LogP contribution in [-0.2, 0) is 11.3 Å². The van der Waals surface area contributed by atoms with E-state index in [9.17, 15) is 14.7 Å². The van der Waals surface area contributed by atoms with Crippen molar-refractivity contribution < 1.29 is 28.9 Å². The average molecular weight is 366 g/mol.